The van der Waals surface area contributed by atoms with E-state index in [0.29, 0.717) is 11.1 Å². The number of pyridine rings is 1. The average Bonchev–Trinajstić information content (AvgIpc) is 2.68. The van der Waals surface area contributed by atoms with Crippen LogP contribution < -0.4 is 10.3 Å². The molecule has 0 N–H and O–H groups in total. The molecule has 7 heteroatoms. The second kappa shape index (κ2) is 7.68. The molecule has 0 bridgehead atoms. The number of nitriles is 1. The van der Waals surface area contributed by atoms with Crippen LogP contribution in [0.2, 0.25) is 0 Å². The fourth-order valence-corrected chi connectivity index (χ4v) is 3.26. The van der Waals surface area contributed by atoms with E-state index in [1.165, 1.54) is 22.9 Å². The van der Waals surface area contributed by atoms with Gasteiger partial charge in [-0.3, -0.25) is 0 Å². The number of benzene rings is 2. The summed E-state index contributed by atoms with van der Waals surface area (Å²) in [4.78, 5) is 5.76. The molecule has 1 aromatic heterocycles. The standard InChI is InChI=1S/C19H15N3O3S/c20-14-16-8-4-5-9-17(16)15-25-22-13-7-6-12-19(22)21-26(23,24)18-10-2-1-3-11-18/h1-13H,15H2. The molecule has 3 aromatic rings. The lowest BCUT2D eigenvalue weighted by atomic mass is 10.1. The summed E-state index contributed by atoms with van der Waals surface area (Å²) in [5, 5.41) is 9.14. The van der Waals surface area contributed by atoms with Crippen molar-refractivity contribution in [3.8, 4) is 6.07 Å². The summed E-state index contributed by atoms with van der Waals surface area (Å²) >= 11 is 0. The molecule has 3 rings (SSSR count). The van der Waals surface area contributed by atoms with Crippen LogP contribution in [0.1, 0.15) is 11.1 Å². The molecule has 0 saturated heterocycles. The highest BCUT2D eigenvalue weighted by Gasteiger charge is 2.12. The summed E-state index contributed by atoms with van der Waals surface area (Å²) in [6.07, 6.45) is 1.56. The van der Waals surface area contributed by atoms with Crippen LogP contribution in [-0.2, 0) is 16.6 Å². The largest absolute Gasteiger partial charge is 0.407 e. The number of nitrogens with zero attached hydrogens (tertiary/aromatic N) is 3. The van der Waals surface area contributed by atoms with Gasteiger partial charge in [-0.05, 0) is 30.3 Å². The van der Waals surface area contributed by atoms with Gasteiger partial charge >= 0.3 is 0 Å². The van der Waals surface area contributed by atoms with Crippen molar-refractivity contribution in [2.45, 2.75) is 11.5 Å². The Hall–Kier alpha value is -3.37. The normalized spacial score (nSPS) is 11.7. The van der Waals surface area contributed by atoms with Crippen LogP contribution in [0, 0.1) is 11.3 Å². The van der Waals surface area contributed by atoms with Crippen LogP contribution in [0.3, 0.4) is 0 Å². The zero-order valence-corrected chi connectivity index (χ0v) is 14.5. The Morgan fingerprint density at radius 3 is 2.42 bits per heavy atom. The Kier molecular flexibility index (Phi) is 5.15. The van der Waals surface area contributed by atoms with Gasteiger partial charge in [0.2, 0.25) is 0 Å². The van der Waals surface area contributed by atoms with E-state index in [2.05, 4.69) is 10.5 Å². The first kappa shape index (κ1) is 17.5. The SMILES string of the molecule is N#Cc1ccccc1COn1ccccc1=NS(=O)(=O)c1ccccc1. The van der Waals surface area contributed by atoms with Gasteiger partial charge in [-0.15, -0.1) is 4.40 Å². The molecule has 0 atom stereocenters. The van der Waals surface area contributed by atoms with Gasteiger partial charge in [0.05, 0.1) is 16.5 Å². The van der Waals surface area contributed by atoms with Gasteiger partial charge < -0.3 is 4.84 Å². The molecule has 2 aromatic carbocycles. The fraction of sp³-hybridized carbons (Fsp3) is 0.0526. The van der Waals surface area contributed by atoms with Crippen molar-refractivity contribution in [1.82, 2.24) is 4.73 Å². The molecule has 0 fully saturated rings. The molecule has 0 unspecified atom stereocenters. The van der Waals surface area contributed by atoms with Gasteiger partial charge in [0, 0.05) is 11.8 Å². The van der Waals surface area contributed by atoms with E-state index < -0.39 is 10.0 Å². The molecule has 0 aliphatic heterocycles. The lowest BCUT2D eigenvalue weighted by Crippen LogP contribution is -2.27. The summed E-state index contributed by atoms with van der Waals surface area (Å²) < 4.78 is 30.0. The smallest absolute Gasteiger partial charge is 0.284 e. The number of hydrogen-bond donors (Lipinski definition) is 0. The van der Waals surface area contributed by atoms with Gasteiger partial charge in [-0.25, -0.2) is 0 Å². The highest BCUT2D eigenvalue weighted by molar-refractivity contribution is 7.90. The van der Waals surface area contributed by atoms with Gasteiger partial charge in [-0.1, -0.05) is 42.5 Å². The monoisotopic (exact) mass is 365 g/mol. The lowest BCUT2D eigenvalue weighted by molar-refractivity contribution is 0.0875. The van der Waals surface area contributed by atoms with Crippen molar-refractivity contribution < 1.29 is 13.3 Å². The lowest BCUT2D eigenvalue weighted by Gasteiger charge is -2.10. The average molecular weight is 365 g/mol. The Bertz CT molecular complexity index is 1110. The van der Waals surface area contributed by atoms with E-state index in [4.69, 9.17) is 10.1 Å². The zero-order valence-electron chi connectivity index (χ0n) is 13.7. The van der Waals surface area contributed by atoms with Crippen molar-refractivity contribution in [3.05, 3.63) is 95.6 Å². The highest BCUT2D eigenvalue weighted by Crippen LogP contribution is 2.10. The maximum atomic E-state index is 12.4. The predicted octanol–water partition coefficient (Wildman–Crippen LogP) is 2.28. The van der Waals surface area contributed by atoms with Crippen molar-refractivity contribution in [2.75, 3.05) is 0 Å². The van der Waals surface area contributed by atoms with Crippen LogP contribution in [-0.4, -0.2) is 13.1 Å². The van der Waals surface area contributed by atoms with Crippen LogP contribution >= 0.6 is 0 Å². The molecule has 0 aliphatic rings. The van der Waals surface area contributed by atoms with Crippen molar-refractivity contribution in [2.24, 2.45) is 4.40 Å². The minimum Gasteiger partial charge on any atom is -0.407 e. The predicted molar refractivity (Wildman–Crippen MR) is 95.1 cm³/mol. The van der Waals surface area contributed by atoms with Gasteiger partial charge in [-0.2, -0.15) is 18.4 Å². The first-order valence-electron chi connectivity index (χ1n) is 7.75. The maximum absolute atomic E-state index is 12.4. The van der Waals surface area contributed by atoms with E-state index in [9.17, 15) is 8.42 Å². The molecule has 0 radical (unpaired) electrons. The summed E-state index contributed by atoms with van der Waals surface area (Å²) in [5.41, 5.74) is 1.33. The summed E-state index contributed by atoms with van der Waals surface area (Å²) in [6.45, 7) is 0.103. The van der Waals surface area contributed by atoms with Gasteiger partial charge in [0.15, 0.2) is 5.49 Å². The fourth-order valence-electron chi connectivity index (χ4n) is 2.26. The quantitative estimate of drug-likeness (QED) is 0.694. The van der Waals surface area contributed by atoms with Gasteiger partial charge in [0.25, 0.3) is 10.0 Å². The number of hydrogen-bond acceptors (Lipinski definition) is 4. The minimum absolute atomic E-state index is 0.102. The van der Waals surface area contributed by atoms with Crippen LogP contribution in [0.15, 0.2) is 88.3 Å². The summed E-state index contributed by atoms with van der Waals surface area (Å²) in [6, 6.07) is 22.0. The number of aromatic nitrogens is 1. The summed E-state index contributed by atoms with van der Waals surface area (Å²) in [7, 11) is -3.86. The molecule has 130 valence electrons. The Morgan fingerprint density at radius 1 is 0.962 bits per heavy atom. The van der Waals surface area contributed by atoms with E-state index in [-0.39, 0.29) is 17.0 Å². The molecular weight excluding hydrogens is 350 g/mol. The molecule has 0 amide bonds. The topological polar surface area (TPSA) is 84.4 Å². The third-order valence-electron chi connectivity index (χ3n) is 3.56. The van der Waals surface area contributed by atoms with Crippen LogP contribution in [0.5, 0.6) is 0 Å². The molecule has 0 aliphatic carbocycles. The van der Waals surface area contributed by atoms with E-state index in [0.717, 1.165) is 0 Å². The van der Waals surface area contributed by atoms with Crippen molar-refractivity contribution >= 4 is 10.0 Å². The highest BCUT2D eigenvalue weighted by atomic mass is 32.2. The van der Waals surface area contributed by atoms with E-state index in [1.807, 2.05) is 0 Å². The molecule has 6 nitrogen and oxygen atoms in total. The summed E-state index contributed by atoms with van der Waals surface area (Å²) in [5.74, 6) is 0. The molecular formula is C19H15N3O3S. The molecule has 0 saturated carbocycles. The van der Waals surface area contributed by atoms with Gasteiger partial charge in [0.1, 0.15) is 6.61 Å². The third kappa shape index (κ3) is 3.99. The van der Waals surface area contributed by atoms with Crippen molar-refractivity contribution in [3.63, 3.8) is 0 Å². The molecule has 26 heavy (non-hydrogen) atoms. The first-order chi connectivity index (χ1) is 12.6. The number of sulfonamides is 1. The maximum Gasteiger partial charge on any atom is 0.284 e. The van der Waals surface area contributed by atoms with Crippen LogP contribution in [0.4, 0.5) is 0 Å². The second-order valence-electron chi connectivity index (χ2n) is 5.31. The third-order valence-corrected chi connectivity index (χ3v) is 4.85. The first-order valence-corrected chi connectivity index (χ1v) is 9.19. The Balaban J connectivity index is 1.93. The Morgan fingerprint density at radius 2 is 1.65 bits per heavy atom. The van der Waals surface area contributed by atoms with Crippen molar-refractivity contribution in [1.29, 1.82) is 5.26 Å². The van der Waals surface area contributed by atoms with Crippen LogP contribution in [0.25, 0.3) is 0 Å². The minimum atomic E-state index is -3.86. The van der Waals surface area contributed by atoms with E-state index in [1.54, 1.807) is 60.8 Å². The number of rotatable bonds is 5. The molecule has 1 heterocycles. The van der Waals surface area contributed by atoms with E-state index >= 15 is 0 Å². The molecule has 0 spiro atoms. The zero-order chi connectivity index (χ0) is 18.4. The second-order valence-corrected chi connectivity index (χ2v) is 6.91. The Labute approximate surface area is 151 Å².